The SMILES string of the molecule is O=C(O)c1ccc(C(=O)N2CCC(c3nc4c(s3)CCCC4)CC2)o1. The molecule has 1 aliphatic carbocycles. The smallest absolute Gasteiger partial charge is 0.371 e. The van der Waals surface area contributed by atoms with Crippen molar-refractivity contribution in [3.63, 3.8) is 0 Å². The van der Waals surface area contributed by atoms with Crippen LogP contribution in [0.3, 0.4) is 0 Å². The van der Waals surface area contributed by atoms with Crippen LogP contribution in [0, 0.1) is 0 Å². The topological polar surface area (TPSA) is 83.6 Å². The Bertz CT molecular complexity index is 778. The predicted octanol–water partition coefficient (Wildman–Crippen LogP) is 3.33. The molecule has 0 spiro atoms. The Morgan fingerprint density at radius 1 is 1.16 bits per heavy atom. The number of piperidine rings is 1. The first kappa shape index (κ1) is 16.3. The van der Waals surface area contributed by atoms with E-state index in [1.54, 1.807) is 4.90 Å². The molecule has 1 N–H and O–H groups in total. The van der Waals surface area contributed by atoms with Crippen molar-refractivity contribution in [3.05, 3.63) is 39.2 Å². The number of amides is 1. The predicted molar refractivity (Wildman–Crippen MR) is 92.3 cm³/mol. The van der Waals surface area contributed by atoms with E-state index in [9.17, 15) is 9.59 Å². The Kier molecular flexibility index (Phi) is 4.33. The standard InChI is InChI=1S/C18H20N2O4S/c21-17(13-5-6-14(24-13)18(22)23)20-9-7-11(8-10-20)16-19-12-3-1-2-4-15(12)25-16/h5-6,11H,1-4,7-10H2,(H,22,23). The van der Waals surface area contributed by atoms with E-state index in [-0.39, 0.29) is 17.4 Å². The lowest BCUT2D eigenvalue weighted by molar-refractivity contribution is 0.0639. The Balaban J connectivity index is 1.39. The molecule has 0 saturated carbocycles. The second-order valence-electron chi connectivity index (χ2n) is 6.66. The molecule has 1 aliphatic heterocycles. The number of aromatic carboxylic acids is 1. The molecule has 2 aromatic rings. The van der Waals surface area contributed by atoms with Crippen molar-refractivity contribution >= 4 is 23.2 Å². The molecule has 132 valence electrons. The van der Waals surface area contributed by atoms with E-state index in [0.29, 0.717) is 19.0 Å². The van der Waals surface area contributed by atoms with Gasteiger partial charge in [0.25, 0.3) is 5.91 Å². The fraction of sp³-hybridized carbons (Fsp3) is 0.500. The van der Waals surface area contributed by atoms with Crippen LogP contribution in [0.1, 0.15) is 68.3 Å². The van der Waals surface area contributed by atoms with Gasteiger partial charge in [0.15, 0.2) is 5.76 Å². The molecule has 0 unspecified atom stereocenters. The van der Waals surface area contributed by atoms with E-state index in [4.69, 9.17) is 14.5 Å². The number of likely N-dealkylation sites (tertiary alicyclic amines) is 1. The van der Waals surface area contributed by atoms with Gasteiger partial charge in [-0.2, -0.15) is 0 Å². The quantitative estimate of drug-likeness (QED) is 0.908. The highest BCUT2D eigenvalue weighted by Gasteiger charge is 2.29. The lowest BCUT2D eigenvalue weighted by atomic mass is 9.97. The Hall–Kier alpha value is -2.15. The largest absolute Gasteiger partial charge is 0.475 e. The molecule has 0 atom stereocenters. The Morgan fingerprint density at radius 3 is 2.56 bits per heavy atom. The lowest BCUT2D eigenvalue weighted by Crippen LogP contribution is -2.37. The highest BCUT2D eigenvalue weighted by molar-refractivity contribution is 7.11. The van der Waals surface area contributed by atoms with Crippen molar-refractivity contribution in [2.45, 2.75) is 44.4 Å². The number of rotatable bonds is 3. The zero-order chi connectivity index (χ0) is 17.4. The Labute approximate surface area is 149 Å². The van der Waals surface area contributed by atoms with Crippen molar-refractivity contribution in [1.29, 1.82) is 0 Å². The van der Waals surface area contributed by atoms with Gasteiger partial charge in [-0.15, -0.1) is 11.3 Å². The third kappa shape index (κ3) is 3.20. The average Bonchev–Trinajstić information content (AvgIpc) is 3.28. The van der Waals surface area contributed by atoms with Crippen LogP contribution >= 0.6 is 11.3 Å². The number of thiazole rings is 1. The highest BCUT2D eigenvalue weighted by atomic mass is 32.1. The molecule has 0 bridgehead atoms. The van der Waals surface area contributed by atoms with Crippen molar-refractivity contribution in [3.8, 4) is 0 Å². The first-order valence-electron chi connectivity index (χ1n) is 8.72. The summed E-state index contributed by atoms with van der Waals surface area (Å²) < 4.78 is 5.13. The summed E-state index contributed by atoms with van der Waals surface area (Å²) in [7, 11) is 0. The van der Waals surface area contributed by atoms with Crippen LogP contribution in [0.2, 0.25) is 0 Å². The first-order chi connectivity index (χ1) is 12.1. The summed E-state index contributed by atoms with van der Waals surface area (Å²) in [5.74, 6) is -1.08. The molecule has 4 rings (SSSR count). The van der Waals surface area contributed by atoms with Crippen LogP contribution in [0.15, 0.2) is 16.5 Å². The summed E-state index contributed by atoms with van der Waals surface area (Å²) in [6.07, 6.45) is 6.56. The number of hydrogen-bond donors (Lipinski definition) is 1. The van der Waals surface area contributed by atoms with E-state index in [1.165, 1.54) is 40.6 Å². The fourth-order valence-corrected chi connectivity index (χ4v) is 4.92. The van der Waals surface area contributed by atoms with Gasteiger partial charge in [0.05, 0.1) is 10.7 Å². The minimum absolute atomic E-state index is 0.0977. The van der Waals surface area contributed by atoms with E-state index in [1.807, 2.05) is 11.3 Å². The van der Waals surface area contributed by atoms with E-state index in [0.717, 1.165) is 25.7 Å². The molecule has 6 nitrogen and oxygen atoms in total. The third-order valence-corrected chi connectivity index (χ3v) is 6.34. The number of carbonyl (C=O) groups is 2. The molecule has 1 saturated heterocycles. The van der Waals surface area contributed by atoms with Crippen molar-refractivity contribution in [1.82, 2.24) is 9.88 Å². The molecule has 0 radical (unpaired) electrons. The van der Waals surface area contributed by atoms with E-state index < -0.39 is 5.97 Å². The number of carbonyl (C=O) groups excluding carboxylic acids is 1. The van der Waals surface area contributed by atoms with Crippen molar-refractivity contribution < 1.29 is 19.1 Å². The lowest BCUT2D eigenvalue weighted by Gasteiger charge is -2.30. The first-order valence-corrected chi connectivity index (χ1v) is 9.54. The zero-order valence-corrected chi connectivity index (χ0v) is 14.7. The second-order valence-corrected chi connectivity index (χ2v) is 7.78. The van der Waals surface area contributed by atoms with Crippen molar-refractivity contribution in [2.24, 2.45) is 0 Å². The molecular formula is C18H20N2O4S. The van der Waals surface area contributed by atoms with Gasteiger partial charge in [0.2, 0.25) is 5.76 Å². The van der Waals surface area contributed by atoms with Crippen LogP contribution in [-0.2, 0) is 12.8 Å². The maximum atomic E-state index is 12.5. The van der Waals surface area contributed by atoms with Gasteiger partial charge in [-0.05, 0) is 50.7 Å². The molecule has 2 aliphatic rings. The molecule has 0 aromatic carbocycles. The van der Waals surface area contributed by atoms with Gasteiger partial charge in [0.1, 0.15) is 0 Å². The van der Waals surface area contributed by atoms with Gasteiger partial charge in [-0.25, -0.2) is 9.78 Å². The molecule has 3 heterocycles. The number of carboxylic acid groups (broad SMARTS) is 1. The number of fused-ring (bicyclic) bond motifs is 1. The maximum Gasteiger partial charge on any atom is 0.371 e. The maximum absolute atomic E-state index is 12.5. The number of carboxylic acids is 1. The van der Waals surface area contributed by atoms with Crippen LogP contribution in [0.4, 0.5) is 0 Å². The van der Waals surface area contributed by atoms with Gasteiger partial charge in [-0.3, -0.25) is 4.79 Å². The van der Waals surface area contributed by atoms with Gasteiger partial charge >= 0.3 is 5.97 Å². The summed E-state index contributed by atoms with van der Waals surface area (Å²) in [5, 5.41) is 10.1. The van der Waals surface area contributed by atoms with Gasteiger partial charge in [0, 0.05) is 23.9 Å². The highest BCUT2D eigenvalue weighted by Crippen LogP contribution is 2.35. The summed E-state index contributed by atoms with van der Waals surface area (Å²) >= 11 is 1.86. The van der Waals surface area contributed by atoms with Crippen LogP contribution in [0.5, 0.6) is 0 Å². The molecule has 2 aromatic heterocycles. The molecule has 1 amide bonds. The van der Waals surface area contributed by atoms with Crippen LogP contribution < -0.4 is 0 Å². The molecule has 7 heteroatoms. The molecule has 1 fully saturated rings. The van der Waals surface area contributed by atoms with Crippen LogP contribution in [0.25, 0.3) is 0 Å². The van der Waals surface area contributed by atoms with E-state index >= 15 is 0 Å². The number of aromatic nitrogens is 1. The minimum Gasteiger partial charge on any atom is -0.475 e. The fourth-order valence-electron chi connectivity index (χ4n) is 3.60. The number of aryl methyl sites for hydroxylation is 2. The van der Waals surface area contributed by atoms with Crippen LogP contribution in [-0.4, -0.2) is 40.0 Å². The second kappa shape index (κ2) is 6.63. The van der Waals surface area contributed by atoms with Gasteiger partial charge < -0.3 is 14.4 Å². The summed E-state index contributed by atoms with van der Waals surface area (Å²) in [6.45, 7) is 1.30. The summed E-state index contributed by atoms with van der Waals surface area (Å²) in [4.78, 5) is 31.4. The van der Waals surface area contributed by atoms with Gasteiger partial charge in [-0.1, -0.05) is 0 Å². The third-order valence-electron chi connectivity index (χ3n) is 5.02. The molecule has 25 heavy (non-hydrogen) atoms. The minimum atomic E-state index is -1.16. The summed E-state index contributed by atoms with van der Waals surface area (Å²) in [6, 6.07) is 2.76. The average molecular weight is 360 g/mol. The number of furan rings is 1. The number of nitrogens with zero attached hydrogens (tertiary/aromatic N) is 2. The Morgan fingerprint density at radius 2 is 1.88 bits per heavy atom. The monoisotopic (exact) mass is 360 g/mol. The van der Waals surface area contributed by atoms with Crippen molar-refractivity contribution in [2.75, 3.05) is 13.1 Å². The summed E-state index contributed by atoms with van der Waals surface area (Å²) in [5.41, 5.74) is 1.29. The zero-order valence-electron chi connectivity index (χ0n) is 13.9. The normalized spacial score (nSPS) is 18.2. The molecular weight excluding hydrogens is 340 g/mol. The van der Waals surface area contributed by atoms with E-state index in [2.05, 4.69) is 0 Å². The number of hydrogen-bond acceptors (Lipinski definition) is 5.